The average molecular weight is 104 g/mol. The van der Waals surface area contributed by atoms with Crippen LogP contribution in [-0.4, -0.2) is 12.2 Å². The topological polar surface area (TPSA) is 17.1 Å². The van der Waals surface area contributed by atoms with Gasteiger partial charge >= 0.3 is 0 Å². The van der Waals surface area contributed by atoms with Gasteiger partial charge in [0.1, 0.15) is 0 Å². The predicted octanol–water partition coefficient (Wildman–Crippen LogP) is 1.23. The molecule has 1 unspecified atom stereocenters. The molecule has 0 saturated carbocycles. The monoisotopic (exact) mass is 104 g/mol. The fourth-order valence-electron chi connectivity index (χ4n) is 0.177. The van der Waals surface area contributed by atoms with Gasteiger partial charge in [-0.3, -0.25) is 4.79 Å². The first-order valence-corrected chi connectivity index (χ1v) is 3.51. The smallest absolute Gasteiger partial charge is 0.150 e. The summed E-state index contributed by atoms with van der Waals surface area (Å²) in [4.78, 5) is 10.2. The summed E-state index contributed by atoms with van der Waals surface area (Å²) in [6.45, 7) is 3.80. The van der Waals surface area contributed by atoms with E-state index in [2.05, 4.69) is 0 Å². The van der Waals surface area contributed by atoms with E-state index < -0.39 is 0 Å². The SMILES string of the molecule is CCC(=O)PC. The van der Waals surface area contributed by atoms with Crippen molar-refractivity contribution in [1.29, 1.82) is 0 Å². The standard InChI is InChI=1S/C4H9OP/c1-3-4(5)6-2/h6H,3H2,1-2H3. The average Bonchev–Trinajstić information content (AvgIpc) is 1.65. The summed E-state index contributed by atoms with van der Waals surface area (Å²) in [5, 5.41) is 0. The fraction of sp³-hybridized carbons (Fsp3) is 0.750. The van der Waals surface area contributed by atoms with Gasteiger partial charge in [-0.2, -0.15) is 0 Å². The van der Waals surface area contributed by atoms with Gasteiger partial charge in [-0.1, -0.05) is 15.5 Å². The maximum atomic E-state index is 10.2. The van der Waals surface area contributed by atoms with Crippen molar-refractivity contribution in [2.45, 2.75) is 13.3 Å². The van der Waals surface area contributed by atoms with E-state index in [1.165, 1.54) is 0 Å². The highest BCUT2D eigenvalue weighted by Crippen LogP contribution is 2.04. The van der Waals surface area contributed by atoms with Crippen LogP contribution < -0.4 is 0 Å². The molecule has 0 fully saturated rings. The Morgan fingerprint density at radius 3 is 2.33 bits per heavy atom. The number of rotatable bonds is 2. The predicted molar refractivity (Wildman–Crippen MR) is 29.5 cm³/mol. The zero-order chi connectivity index (χ0) is 4.99. The van der Waals surface area contributed by atoms with E-state index in [4.69, 9.17) is 0 Å². The van der Waals surface area contributed by atoms with Crippen molar-refractivity contribution < 1.29 is 4.79 Å². The molecule has 0 aliphatic heterocycles. The van der Waals surface area contributed by atoms with E-state index in [0.29, 0.717) is 20.5 Å². The van der Waals surface area contributed by atoms with Gasteiger partial charge in [0.15, 0.2) is 5.52 Å². The van der Waals surface area contributed by atoms with E-state index in [-0.39, 0.29) is 0 Å². The van der Waals surface area contributed by atoms with E-state index in [1.54, 1.807) is 0 Å². The maximum absolute atomic E-state index is 10.2. The van der Waals surface area contributed by atoms with Crippen LogP contribution in [0, 0.1) is 0 Å². The first-order valence-electron chi connectivity index (χ1n) is 2.01. The van der Waals surface area contributed by atoms with Crippen LogP contribution in [0.3, 0.4) is 0 Å². The molecule has 0 spiro atoms. The molecule has 0 rings (SSSR count). The summed E-state index contributed by atoms with van der Waals surface area (Å²) in [7, 11) is 0.493. The lowest BCUT2D eigenvalue weighted by molar-refractivity contribution is -0.111. The first-order chi connectivity index (χ1) is 2.81. The van der Waals surface area contributed by atoms with Crippen molar-refractivity contribution in [2.75, 3.05) is 6.66 Å². The van der Waals surface area contributed by atoms with Crippen LogP contribution in [0.1, 0.15) is 13.3 Å². The number of hydrogen-bond acceptors (Lipinski definition) is 1. The molecule has 0 amide bonds. The van der Waals surface area contributed by atoms with Gasteiger partial charge in [-0.05, 0) is 6.66 Å². The molecule has 0 radical (unpaired) electrons. The van der Waals surface area contributed by atoms with Crippen LogP contribution in [0.4, 0.5) is 0 Å². The van der Waals surface area contributed by atoms with E-state index in [9.17, 15) is 4.79 Å². The number of carbonyl (C=O) groups is 1. The van der Waals surface area contributed by atoms with Crippen molar-refractivity contribution in [3.05, 3.63) is 0 Å². The fourth-order valence-corrected chi connectivity index (χ4v) is 0.530. The molecule has 0 aliphatic rings. The molecule has 1 nitrogen and oxygen atoms in total. The Bertz CT molecular complexity index is 45.5. The molecular formula is C4H9OP. The Kier molecular flexibility index (Phi) is 3.35. The molecular weight excluding hydrogens is 95.0 g/mol. The third-order valence-corrected chi connectivity index (χ3v) is 1.51. The molecule has 0 N–H and O–H groups in total. The Morgan fingerprint density at radius 2 is 2.33 bits per heavy atom. The highest BCUT2D eigenvalue weighted by molar-refractivity contribution is 7.57. The second-order valence-corrected chi connectivity index (χ2v) is 2.08. The van der Waals surface area contributed by atoms with Crippen LogP contribution >= 0.6 is 8.58 Å². The van der Waals surface area contributed by atoms with Crippen LogP contribution in [0.15, 0.2) is 0 Å². The highest BCUT2D eigenvalue weighted by atomic mass is 31.1. The summed E-state index contributed by atoms with van der Waals surface area (Å²) in [5.41, 5.74) is 0.370. The molecule has 0 saturated heterocycles. The second-order valence-electron chi connectivity index (χ2n) is 1.03. The van der Waals surface area contributed by atoms with E-state index in [0.717, 1.165) is 0 Å². The highest BCUT2D eigenvalue weighted by Gasteiger charge is 1.86. The van der Waals surface area contributed by atoms with Gasteiger partial charge in [0.2, 0.25) is 0 Å². The summed E-state index contributed by atoms with van der Waals surface area (Å²) in [6.07, 6.45) is 0.703. The summed E-state index contributed by atoms with van der Waals surface area (Å²) in [6, 6.07) is 0. The van der Waals surface area contributed by atoms with Crippen LogP contribution in [0.25, 0.3) is 0 Å². The zero-order valence-corrected chi connectivity index (χ0v) is 5.12. The number of hydrogen-bond donors (Lipinski definition) is 0. The molecule has 0 bridgehead atoms. The third kappa shape index (κ3) is 2.34. The number of carbonyl (C=O) groups excluding carboxylic acids is 1. The maximum Gasteiger partial charge on any atom is 0.150 e. The third-order valence-electron chi connectivity index (χ3n) is 0.600. The normalized spacial score (nSPS) is 10.3. The Balaban J connectivity index is 2.99. The van der Waals surface area contributed by atoms with Gasteiger partial charge in [0.05, 0.1) is 0 Å². The van der Waals surface area contributed by atoms with E-state index in [1.807, 2.05) is 13.6 Å². The molecule has 0 aliphatic carbocycles. The first kappa shape index (κ1) is 6.10. The van der Waals surface area contributed by atoms with Crippen molar-refractivity contribution in [1.82, 2.24) is 0 Å². The van der Waals surface area contributed by atoms with Crippen molar-refractivity contribution in [2.24, 2.45) is 0 Å². The minimum absolute atomic E-state index is 0.370. The lowest BCUT2D eigenvalue weighted by Crippen LogP contribution is -1.79. The zero-order valence-electron chi connectivity index (χ0n) is 4.12. The van der Waals surface area contributed by atoms with Crippen LogP contribution in [0.2, 0.25) is 0 Å². The van der Waals surface area contributed by atoms with Gasteiger partial charge in [-0.25, -0.2) is 0 Å². The molecule has 2 heteroatoms. The van der Waals surface area contributed by atoms with Crippen molar-refractivity contribution >= 4 is 14.1 Å². The van der Waals surface area contributed by atoms with Crippen molar-refractivity contribution in [3.63, 3.8) is 0 Å². The van der Waals surface area contributed by atoms with Gasteiger partial charge < -0.3 is 0 Å². The molecule has 1 atom stereocenters. The summed E-state index contributed by atoms with van der Waals surface area (Å²) >= 11 is 0. The molecule has 36 valence electrons. The second kappa shape index (κ2) is 3.30. The summed E-state index contributed by atoms with van der Waals surface area (Å²) < 4.78 is 0. The quantitative estimate of drug-likeness (QED) is 0.481. The molecule has 0 aromatic rings. The van der Waals surface area contributed by atoms with E-state index >= 15 is 0 Å². The minimum Gasteiger partial charge on any atom is -0.295 e. The Hall–Kier alpha value is 0.100. The van der Waals surface area contributed by atoms with Gasteiger partial charge in [-0.15, -0.1) is 0 Å². The Labute approximate surface area is 39.9 Å². The minimum atomic E-state index is 0.370. The molecule has 0 aromatic heterocycles. The van der Waals surface area contributed by atoms with Gasteiger partial charge in [0, 0.05) is 6.42 Å². The van der Waals surface area contributed by atoms with Gasteiger partial charge in [0.25, 0.3) is 0 Å². The molecule has 0 heterocycles. The summed E-state index contributed by atoms with van der Waals surface area (Å²) in [5.74, 6) is 0. The lowest BCUT2D eigenvalue weighted by atomic mass is 10.6. The van der Waals surface area contributed by atoms with Crippen LogP contribution in [-0.2, 0) is 4.79 Å². The molecule has 6 heavy (non-hydrogen) atoms. The largest absolute Gasteiger partial charge is 0.295 e. The van der Waals surface area contributed by atoms with Crippen molar-refractivity contribution in [3.8, 4) is 0 Å². The van der Waals surface area contributed by atoms with Crippen LogP contribution in [0.5, 0.6) is 0 Å². The molecule has 0 aromatic carbocycles. The lowest BCUT2D eigenvalue weighted by Gasteiger charge is -1.81. The Morgan fingerprint density at radius 1 is 1.83 bits per heavy atom.